The lowest BCUT2D eigenvalue weighted by Crippen LogP contribution is -2.42. The van der Waals surface area contributed by atoms with Crippen molar-refractivity contribution < 1.29 is 17.9 Å². The molecule has 6 nitrogen and oxygen atoms in total. The minimum absolute atomic E-state index is 0.156. The number of hydrogen-bond donors (Lipinski definition) is 0. The van der Waals surface area contributed by atoms with E-state index in [1.165, 1.54) is 0 Å². The predicted octanol–water partition coefficient (Wildman–Crippen LogP) is 3.32. The van der Waals surface area contributed by atoms with Gasteiger partial charge in [-0.1, -0.05) is 24.3 Å². The van der Waals surface area contributed by atoms with Crippen molar-refractivity contribution in [3.8, 4) is 5.75 Å². The lowest BCUT2D eigenvalue weighted by atomic mass is 10.1. The maximum absolute atomic E-state index is 12.9. The Morgan fingerprint density at radius 1 is 1.00 bits per heavy atom. The molecule has 0 aliphatic carbocycles. The first-order valence-electron chi connectivity index (χ1n) is 9.52. The molecule has 150 valence electrons. The number of nitrogens with zero attached hydrogens (tertiary/aromatic N) is 2. The van der Waals surface area contributed by atoms with E-state index in [4.69, 9.17) is 4.74 Å². The van der Waals surface area contributed by atoms with Crippen molar-refractivity contribution in [3.05, 3.63) is 66.4 Å². The molecule has 1 amide bonds. The molecule has 0 saturated carbocycles. The second kappa shape index (κ2) is 7.83. The Morgan fingerprint density at radius 3 is 2.38 bits per heavy atom. The Hall–Kier alpha value is -2.93. The van der Waals surface area contributed by atoms with Gasteiger partial charge in [-0.2, -0.15) is 0 Å². The number of para-hydroxylation sites is 1. The lowest BCUT2D eigenvalue weighted by molar-refractivity contribution is 0.0720. The summed E-state index contributed by atoms with van der Waals surface area (Å²) >= 11 is 0. The largest absolute Gasteiger partial charge is 0.497 e. The van der Waals surface area contributed by atoms with Crippen LogP contribution in [0.3, 0.4) is 0 Å². The van der Waals surface area contributed by atoms with Gasteiger partial charge in [0.15, 0.2) is 9.84 Å². The monoisotopic (exact) mass is 410 g/mol. The molecule has 0 bridgehead atoms. The Bertz CT molecular complexity index is 1130. The minimum Gasteiger partial charge on any atom is -0.497 e. The summed E-state index contributed by atoms with van der Waals surface area (Å²) in [6, 6.07) is 17.7. The summed E-state index contributed by atoms with van der Waals surface area (Å²) in [5.74, 6) is 0.461. The van der Waals surface area contributed by atoms with Crippen LogP contribution in [0.2, 0.25) is 0 Å². The average molecular weight is 410 g/mol. The number of aromatic nitrogens is 1. The van der Waals surface area contributed by atoms with Crippen molar-refractivity contribution in [1.82, 2.24) is 9.88 Å². The van der Waals surface area contributed by atoms with E-state index in [0.717, 1.165) is 10.9 Å². The predicted molar refractivity (Wildman–Crippen MR) is 111 cm³/mol. The third-order valence-corrected chi connectivity index (χ3v) is 7.65. The molecule has 4 rings (SSSR count). The number of carbonyl (C=O) groups is 1. The van der Waals surface area contributed by atoms with Gasteiger partial charge in [-0.05, 0) is 49.2 Å². The van der Waals surface area contributed by atoms with Crippen molar-refractivity contribution in [3.63, 3.8) is 0 Å². The highest BCUT2D eigenvalue weighted by Crippen LogP contribution is 2.26. The zero-order chi connectivity index (χ0) is 20.4. The summed E-state index contributed by atoms with van der Waals surface area (Å²) in [4.78, 5) is 19.3. The lowest BCUT2D eigenvalue weighted by Gasteiger charge is -2.31. The number of carbonyl (C=O) groups excluding carboxylic acids is 1. The Balaban J connectivity index is 1.45. The molecule has 1 aliphatic rings. The molecule has 1 fully saturated rings. The molecule has 0 unspecified atom stereocenters. The van der Waals surface area contributed by atoms with Gasteiger partial charge in [-0.3, -0.25) is 4.79 Å². The number of likely N-dealkylation sites (tertiary alicyclic amines) is 1. The normalized spacial score (nSPS) is 15.4. The molecule has 0 atom stereocenters. The number of hydrogen-bond acceptors (Lipinski definition) is 5. The molecule has 2 heterocycles. The number of ether oxygens (including phenoxy) is 1. The Kier molecular flexibility index (Phi) is 5.24. The first-order chi connectivity index (χ1) is 14.0. The fourth-order valence-electron chi connectivity index (χ4n) is 3.67. The highest BCUT2D eigenvalue weighted by molar-refractivity contribution is 7.92. The van der Waals surface area contributed by atoms with Crippen LogP contribution in [-0.4, -0.2) is 49.7 Å². The number of sulfone groups is 1. The maximum Gasteiger partial charge on any atom is 0.272 e. The fraction of sp³-hybridized carbons (Fsp3) is 0.273. The van der Waals surface area contributed by atoms with Gasteiger partial charge in [0.05, 0.1) is 22.8 Å². The van der Waals surface area contributed by atoms with Crippen LogP contribution in [0.15, 0.2) is 65.6 Å². The second-order valence-corrected chi connectivity index (χ2v) is 9.33. The van der Waals surface area contributed by atoms with Gasteiger partial charge in [-0.15, -0.1) is 0 Å². The van der Waals surface area contributed by atoms with E-state index in [9.17, 15) is 13.2 Å². The van der Waals surface area contributed by atoms with E-state index in [0.29, 0.717) is 42.3 Å². The van der Waals surface area contributed by atoms with Gasteiger partial charge in [0.25, 0.3) is 5.91 Å². The molecule has 0 N–H and O–H groups in total. The molecule has 1 saturated heterocycles. The van der Waals surface area contributed by atoms with E-state index in [1.807, 2.05) is 30.3 Å². The van der Waals surface area contributed by atoms with E-state index < -0.39 is 15.1 Å². The summed E-state index contributed by atoms with van der Waals surface area (Å²) in [6.07, 6.45) is 0.821. The van der Waals surface area contributed by atoms with Crippen molar-refractivity contribution in [2.45, 2.75) is 23.0 Å². The number of benzene rings is 2. The Morgan fingerprint density at radius 2 is 1.69 bits per heavy atom. The van der Waals surface area contributed by atoms with Gasteiger partial charge in [0, 0.05) is 18.5 Å². The number of amides is 1. The van der Waals surface area contributed by atoms with Crippen LogP contribution in [0.4, 0.5) is 0 Å². The van der Waals surface area contributed by atoms with Gasteiger partial charge in [0.2, 0.25) is 0 Å². The number of pyridine rings is 1. The van der Waals surface area contributed by atoms with Gasteiger partial charge < -0.3 is 9.64 Å². The van der Waals surface area contributed by atoms with Crippen LogP contribution in [0.25, 0.3) is 10.9 Å². The summed E-state index contributed by atoms with van der Waals surface area (Å²) in [5, 5.41) is 0.484. The number of piperidine rings is 1. The van der Waals surface area contributed by atoms with Crippen molar-refractivity contribution in [2.24, 2.45) is 0 Å². The maximum atomic E-state index is 12.9. The summed E-state index contributed by atoms with van der Waals surface area (Å²) < 4.78 is 30.9. The molecule has 1 aliphatic heterocycles. The fourth-order valence-corrected chi connectivity index (χ4v) is 5.41. The molecule has 0 spiro atoms. The standard InChI is InChI=1S/C22H22N2O4S/c1-28-17-7-9-18(10-8-17)29(26,27)19-12-14-24(15-13-19)22(25)21-11-6-16-4-2-3-5-20(16)23-21/h2-11,19H,12-15H2,1H3. The average Bonchev–Trinajstić information content (AvgIpc) is 2.78. The van der Waals surface area contributed by atoms with Gasteiger partial charge in [-0.25, -0.2) is 13.4 Å². The third-order valence-electron chi connectivity index (χ3n) is 5.37. The molecule has 7 heteroatoms. The highest BCUT2D eigenvalue weighted by Gasteiger charge is 2.33. The van der Waals surface area contributed by atoms with Crippen LogP contribution >= 0.6 is 0 Å². The second-order valence-electron chi connectivity index (χ2n) is 7.10. The molecular weight excluding hydrogens is 388 g/mol. The summed E-state index contributed by atoms with van der Waals surface area (Å²) in [6.45, 7) is 0.792. The molecule has 2 aromatic carbocycles. The topological polar surface area (TPSA) is 76.6 Å². The van der Waals surface area contributed by atoms with Crippen molar-refractivity contribution >= 4 is 26.6 Å². The quantitative estimate of drug-likeness (QED) is 0.659. The molecule has 29 heavy (non-hydrogen) atoms. The molecule has 1 aromatic heterocycles. The molecule has 3 aromatic rings. The molecule has 0 radical (unpaired) electrons. The van der Waals surface area contributed by atoms with Crippen molar-refractivity contribution in [2.75, 3.05) is 20.2 Å². The SMILES string of the molecule is COc1ccc(S(=O)(=O)C2CCN(C(=O)c3ccc4ccccc4n3)CC2)cc1. The number of rotatable bonds is 4. The number of methoxy groups -OCH3 is 1. The number of fused-ring (bicyclic) bond motifs is 1. The van der Waals surface area contributed by atoms with Crippen LogP contribution in [0.5, 0.6) is 5.75 Å². The van der Waals surface area contributed by atoms with Crippen LogP contribution < -0.4 is 4.74 Å². The van der Waals surface area contributed by atoms with E-state index in [1.54, 1.807) is 42.3 Å². The van der Waals surface area contributed by atoms with E-state index in [-0.39, 0.29) is 5.91 Å². The van der Waals surface area contributed by atoms with Crippen LogP contribution in [0.1, 0.15) is 23.3 Å². The Labute approximate surface area is 170 Å². The van der Waals surface area contributed by atoms with E-state index >= 15 is 0 Å². The highest BCUT2D eigenvalue weighted by atomic mass is 32.2. The van der Waals surface area contributed by atoms with Gasteiger partial charge >= 0.3 is 0 Å². The van der Waals surface area contributed by atoms with Crippen molar-refractivity contribution in [1.29, 1.82) is 0 Å². The summed E-state index contributed by atoms with van der Waals surface area (Å²) in [7, 11) is -1.90. The van der Waals surface area contributed by atoms with Crippen LogP contribution in [-0.2, 0) is 9.84 Å². The first kappa shape index (κ1) is 19.4. The third kappa shape index (κ3) is 3.82. The van der Waals surface area contributed by atoms with Gasteiger partial charge in [0.1, 0.15) is 11.4 Å². The smallest absolute Gasteiger partial charge is 0.272 e. The van der Waals surface area contributed by atoms with Crippen LogP contribution in [0, 0.1) is 0 Å². The molecular formula is C22H22N2O4S. The minimum atomic E-state index is -3.44. The zero-order valence-electron chi connectivity index (χ0n) is 16.1. The first-order valence-corrected chi connectivity index (χ1v) is 11.1. The van der Waals surface area contributed by atoms with E-state index in [2.05, 4.69) is 4.98 Å². The summed E-state index contributed by atoms with van der Waals surface area (Å²) in [5.41, 5.74) is 1.16. The zero-order valence-corrected chi connectivity index (χ0v) is 16.9.